The summed E-state index contributed by atoms with van der Waals surface area (Å²) in [5.74, 6) is 0.730. The summed E-state index contributed by atoms with van der Waals surface area (Å²) in [6, 6.07) is 12.6. The second-order valence-corrected chi connectivity index (χ2v) is 15.3. The van der Waals surface area contributed by atoms with Crippen LogP contribution in [0.5, 0.6) is 5.75 Å². The van der Waals surface area contributed by atoms with Gasteiger partial charge in [0.15, 0.2) is 5.78 Å². The van der Waals surface area contributed by atoms with Gasteiger partial charge in [0.05, 0.1) is 17.7 Å². The number of piperidine rings is 3. The van der Waals surface area contributed by atoms with E-state index in [1.807, 2.05) is 24.3 Å². The van der Waals surface area contributed by atoms with Gasteiger partial charge in [-0.2, -0.15) is 4.98 Å². The third kappa shape index (κ3) is 7.33. The predicted octanol–water partition coefficient (Wildman–Crippen LogP) is 5.59. The second kappa shape index (κ2) is 15.3. The fourth-order valence-corrected chi connectivity index (χ4v) is 8.95. The lowest BCUT2D eigenvalue weighted by molar-refractivity contribution is -0.134. The second-order valence-electron chi connectivity index (χ2n) is 15.3. The standard InChI is InChI=1S/C41H48N8O5/c1-25-34-23-43-41(46-38(34)49(30-6-3-4-7-30)40(53)37(25)26(2)50)44-35-15-13-31(22-42-35)54-32-8-5-19-48(24-32)29-17-20-47(21-18-29)28-11-9-27(10-12-28)33-14-16-36(51)45-39(33)52/h9-13,15,22-23,29-30,32-33H,3-8,14,16-21,24H2,1-2H3,(H,45,51,52)(H,42,43,44,46). The number of likely N-dealkylation sites (tertiary alicyclic amines) is 1. The van der Waals surface area contributed by atoms with Gasteiger partial charge in [0.2, 0.25) is 17.8 Å². The molecule has 6 heterocycles. The monoisotopic (exact) mass is 732 g/mol. The van der Waals surface area contributed by atoms with Gasteiger partial charge in [0.1, 0.15) is 23.3 Å². The van der Waals surface area contributed by atoms with Crippen molar-refractivity contribution in [3.63, 3.8) is 0 Å². The number of rotatable bonds is 9. The number of benzene rings is 1. The fraction of sp³-hybridized carbons (Fsp3) is 0.488. The molecule has 2 amide bonds. The van der Waals surface area contributed by atoms with Crippen molar-refractivity contribution in [3.8, 4) is 5.75 Å². The summed E-state index contributed by atoms with van der Waals surface area (Å²) in [6.07, 6.45) is 12.5. The molecule has 4 fully saturated rings. The van der Waals surface area contributed by atoms with Crippen molar-refractivity contribution >= 4 is 46.1 Å². The molecule has 282 valence electrons. The number of amides is 2. The summed E-state index contributed by atoms with van der Waals surface area (Å²) in [6.45, 7) is 7.13. The number of carbonyl (C=O) groups is 3. The third-order valence-corrected chi connectivity index (χ3v) is 11.8. The summed E-state index contributed by atoms with van der Waals surface area (Å²) in [5, 5.41) is 6.36. The number of ketones is 1. The first-order valence-electron chi connectivity index (χ1n) is 19.5. The predicted molar refractivity (Wildman–Crippen MR) is 206 cm³/mol. The zero-order valence-corrected chi connectivity index (χ0v) is 31.1. The number of aromatic nitrogens is 4. The van der Waals surface area contributed by atoms with Crippen molar-refractivity contribution in [2.24, 2.45) is 0 Å². The number of Topliss-reactive ketones (excluding diaryl/α,β-unsaturated/α-hetero) is 1. The van der Waals surface area contributed by atoms with Crippen molar-refractivity contribution in [1.29, 1.82) is 0 Å². The van der Waals surface area contributed by atoms with E-state index < -0.39 is 0 Å². The Morgan fingerprint density at radius 3 is 2.35 bits per heavy atom. The molecule has 2 atom stereocenters. The molecule has 13 nitrogen and oxygen atoms in total. The Bertz CT molecular complexity index is 2100. The minimum absolute atomic E-state index is 0.0117. The largest absolute Gasteiger partial charge is 0.487 e. The van der Waals surface area contributed by atoms with E-state index in [0.717, 1.165) is 83.1 Å². The van der Waals surface area contributed by atoms with Crippen LogP contribution in [0.2, 0.25) is 0 Å². The molecule has 4 aromatic rings. The Balaban J connectivity index is 0.865. The van der Waals surface area contributed by atoms with E-state index in [4.69, 9.17) is 9.72 Å². The van der Waals surface area contributed by atoms with Gasteiger partial charge in [0, 0.05) is 55.4 Å². The first-order valence-corrected chi connectivity index (χ1v) is 19.5. The number of hydrogen-bond acceptors (Lipinski definition) is 11. The molecule has 1 saturated carbocycles. The molecule has 54 heavy (non-hydrogen) atoms. The van der Waals surface area contributed by atoms with E-state index in [1.165, 1.54) is 12.6 Å². The Labute approximate surface area is 314 Å². The Morgan fingerprint density at radius 1 is 0.870 bits per heavy atom. The zero-order chi connectivity index (χ0) is 37.3. The van der Waals surface area contributed by atoms with E-state index in [2.05, 4.69) is 42.5 Å². The lowest BCUT2D eigenvalue weighted by atomic mass is 9.90. The van der Waals surface area contributed by atoms with Crippen LogP contribution in [0, 0.1) is 6.92 Å². The first-order chi connectivity index (χ1) is 26.2. The Hall–Kier alpha value is -5.17. The van der Waals surface area contributed by atoms with Crippen LogP contribution in [0.25, 0.3) is 11.0 Å². The van der Waals surface area contributed by atoms with E-state index in [0.29, 0.717) is 53.0 Å². The molecular weight excluding hydrogens is 685 g/mol. The van der Waals surface area contributed by atoms with Gasteiger partial charge >= 0.3 is 0 Å². The van der Waals surface area contributed by atoms with Gasteiger partial charge in [0.25, 0.3) is 5.56 Å². The molecule has 2 N–H and O–H groups in total. The fourth-order valence-electron chi connectivity index (χ4n) is 8.95. The number of imide groups is 1. The highest BCUT2D eigenvalue weighted by molar-refractivity contribution is 6.01. The number of fused-ring (bicyclic) bond motifs is 1. The molecule has 1 aromatic carbocycles. The van der Waals surface area contributed by atoms with E-state index in [9.17, 15) is 19.2 Å². The molecule has 0 bridgehead atoms. The van der Waals surface area contributed by atoms with Crippen molar-refractivity contribution in [2.45, 2.75) is 102 Å². The summed E-state index contributed by atoms with van der Waals surface area (Å²) in [7, 11) is 0. The van der Waals surface area contributed by atoms with Crippen molar-refractivity contribution in [3.05, 3.63) is 75.8 Å². The Kier molecular flexibility index (Phi) is 10.1. The SMILES string of the molecule is CC(=O)c1c(C)c2cnc(Nc3ccc(OC4CCCN(C5CCN(c6ccc(C7CCC(=O)NC7=O)cc6)CC5)C4)cn3)nc2n(C2CCCC2)c1=O. The maximum absolute atomic E-state index is 13.6. The van der Waals surface area contributed by atoms with E-state index in [1.54, 1.807) is 23.9 Å². The molecule has 8 rings (SSSR count). The topological polar surface area (TPSA) is 152 Å². The number of aryl methyl sites for hydroxylation is 1. The Morgan fingerprint density at radius 2 is 1.65 bits per heavy atom. The molecule has 3 aliphatic heterocycles. The highest BCUT2D eigenvalue weighted by atomic mass is 16.5. The number of nitrogens with zero attached hydrogens (tertiary/aromatic N) is 6. The number of anilines is 3. The molecular formula is C41H48N8O5. The minimum atomic E-state index is -0.272. The average molecular weight is 733 g/mol. The number of hydrogen-bond donors (Lipinski definition) is 2. The highest BCUT2D eigenvalue weighted by Crippen LogP contribution is 2.33. The lowest BCUT2D eigenvalue weighted by Gasteiger charge is -2.42. The molecule has 3 saturated heterocycles. The maximum Gasteiger partial charge on any atom is 0.263 e. The molecule has 0 radical (unpaired) electrons. The van der Waals surface area contributed by atoms with Gasteiger partial charge in [-0.3, -0.25) is 34.0 Å². The minimum Gasteiger partial charge on any atom is -0.487 e. The number of pyridine rings is 2. The molecule has 2 unspecified atom stereocenters. The van der Waals surface area contributed by atoms with Crippen LogP contribution in [0.3, 0.4) is 0 Å². The zero-order valence-electron chi connectivity index (χ0n) is 31.1. The smallest absolute Gasteiger partial charge is 0.263 e. The van der Waals surface area contributed by atoms with Crippen molar-refractivity contribution < 1.29 is 19.1 Å². The van der Waals surface area contributed by atoms with Gasteiger partial charge in [-0.25, -0.2) is 9.97 Å². The van der Waals surface area contributed by atoms with Crippen LogP contribution in [0.4, 0.5) is 17.5 Å². The third-order valence-electron chi connectivity index (χ3n) is 11.8. The number of nitrogens with one attached hydrogen (secondary N) is 2. The number of carbonyl (C=O) groups excluding carboxylic acids is 3. The van der Waals surface area contributed by atoms with Crippen LogP contribution in [0.1, 0.15) is 105 Å². The average Bonchev–Trinajstić information content (AvgIpc) is 3.70. The van der Waals surface area contributed by atoms with Crippen molar-refractivity contribution in [1.82, 2.24) is 29.7 Å². The van der Waals surface area contributed by atoms with Gasteiger partial charge in [-0.05, 0) is 101 Å². The summed E-state index contributed by atoms with van der Waals surface area (Å²) in [4.78, 5) is 68.8. The number of ether oxygens (including phenoxy) is 1. The van der Waals surface area contributed by atoms with E-state index >= 15 is 0 Å². The summed E-state index contributed by atoms with van der Waals surface area (Å²) in [5.41, 5.74) is 3.24. The molecule has 4 aliphatic rings. The highest BCUT2D eigenvalue weighted by Gasteiger charge is 2.31. The van der Waals surface area contributed by atoms with Crippen LogP contribution in [0.15, 0.2) is 53.6 Å². The van der Waals surface area contributed by atoms with E-state index in [-0.39, 0.29) is 46.8 Å². The summed E-state index contributed by atoms with van der Waals surface area (Å²) < 4.78 is 8.16. The first kappa shape index (κ1) is 35.8. The molecule has 1 aliphatic carbocycles. The molecule has 13 heteroatoms. The lowest BCUT2D eigenvalue weighted by Crippen LogP contribution is -2.50. The summed E-state index contributed by atoms with van der Waals surface area (Å²) >= 11 is 0. The van der Waals surface area contributed by atoms with Crippen molar-refractivity contribution in [2.75, 3.05) is 36.4 Å². The van der Waals surface area contributed by atoms with Gasteiger partial charge < -0.3 is 15.0 Å². The van der Waals surface area contributed by atoms with Gasteiger partial charge in [-0.15, -0.1) is 0 Å². The van der Waals surface area contributed by atoms with Crippen LogP contribution in [-0.4, -0.2) is 80.3 Å². The molecule has 3 aromatic heterocycles. The van der Waals surface area contributed by atoms with Crippen LogP contribution >= 0.6 is 0 Å². The normalized spacial score (nSPS) is 21.7. The maximum atomic E-state index is 13.6. The van der Waals surface area contributed by atoms with Gasteiger partial charge in [-0.1, -0.05) is 25.0 Å². The van der Waals surface area contributed by atoms with Crippen LogP contribution in [-0.2, 0) is 9.59 Å². The molecule has 0 spiro atoms. The quantitative estimate of drug-likeness (QED) is 0.164. The van der Waals surface area contributed by atoms with Crippen LogP contribution < -0.4 is 25.8 Å².